The van der Waals surface area contributed by atoms with Gasteiger partial charge in [-0.3, -0.25) is 14.5 Å². The van der Waals surface area contributed by atoms with Crippen LogP contribution in [0.25, 0.3) is 0 Å². The number of piperidine rings is 1. The van der Waals surface area contributed by atoms with Crippen molar-refractivity contribution in [3.63, 3.8) is 0 Å². The fraction of sp³-hybridized carbons (Fsp3) is 0.529. The average molecular weight is 321 g/mol. The summed E-state index contributed by atoms with van der Waals surface area (Å²) >= 11 is 0. The zero-order valence-electron chi connectivity index (χ0n) is 13.7. The lowest BCUT2D eigenvalue weighted by molar-refractivity contribution is -0.139. The predicted octanol–water partition coefficient (Wildman–Crippen LogP) is 1.37. The van der Waals surface area contributed by atoms with E-state index in [0.717, 1.165) is 0 Å². The summed E-state index contributed by atoms with van der Waals surface area (Å²) in [5.41, 5.74) is 5.88. The minimum absolute atomic E-state index is 0.00626. The number of rotatable bonds is 5. The third kappa shape index (κ3) is 4.28. The number of carbonyl (C=O) groups excluding carboxylic acids is 2. The SMILES string of the molecule is CC(C(=O)N1CCC(C(N)=O)CC1)N(C)Cc1ccccc1F. The number of halogens is 1. The largest absolute Gasteiger partial charge is 0.369 e. The van der Waals surface area contributed by atoms with Crippen LogP contribution in [-0.2, 0) is 16.1 Å². The average Bonchev–Trinajstić information content (AvgIpc) is 2.55. The molecule has 1 atom stereocenters. The highest BCUT2D eigenvalue weighted by Gasteiger charge is 2.29. The van der Waals surface area contributed by atoms with Gasteiger partial charge in [-0.25, -0.2) is 4.39 Å². The molecule has 1 aromatic carbocycles. The highest BCUT2D eigenvalue weighted by Crippen LogP contribution is 2.19. The van der Waals surface area contributed by atoms with Gasteiger partial charge in [0.2, 0.25) is 11.8 Å². The maximum atomic E-state index is 13.7. The lowest BCUT2D eigenvalue weighted by Crippen LogP contribution is -2.49. The van der Waals surface area contributed by atoms with E-state index >= 15 is 0 Å². The molecule has 1 fully saturated rings. The molecule has 2 N–H and O–H groups in total. The number of nitrogens with two attached hydrogens (primary N) is 1. The van der Waals surface area contributed by atoms with E-state index in [1.165, 1.54) is 6.07 Å². The summed E-state index contributed by atoms with van der Waals surface area (Å²) in [5, 5.41) is 0. The van der Waals surface area contributed by atoms with Gasteiger partial charge >= 0.3 is 0 Å². The van der Waals surface area contributed by atoms with Crippen molar-refractivity contribution >= 4 is 11.8 Å². The first-order valence-corrected chi connectivity index (χ1v) is 7.92. The van der Waals surface area contributed by atoms with Crippen LogP contribution >= 0.6 is 0 Å². The summed E-state index contributed by atoms with van der Waals surface area (Å²) < 4.78 is 13.7. The van der Waals surface area contributed by atoms with E-state index in [4.69, 9.17) is 5.73 Å². The maximum absolute atomic E-state index is 13.7. The molecule has 0 spiro atoms. The Morgan fingerprint density at radius 2 is 1.96 bits per heavy atom. The van der Waals surface area contributed by atoms with Crippen molar-refractivity contribution in [3.8, 4) is 0 Å². The van der Waals surface area contributed by atoms with E-state index in [9.17, 15) is 14.0 Å². The first kappa shape index (κ1) is 17.4. The number of likely N-dealkylation sites (N-methyl/N-ethyl adjacent to an activating group) is 1. The number of nitrogens with zero attached hydrogens (tertiary/aromatic N) is 2. The minimum Gasteiger partial charge on any atom is -0.369 e. The predicted molar refractivity (Wildman–Crippen MR) is 85.8 cm³/mol. The van der Waals surface area contributed by atoms with Crippen LogP contribution in [0.15, 0.2) is 24.3 Å². The van der Waals surface area contributed by atoms with Crippen LogP contribution in [0, 0.1) is 11.7 Å². The summed E-state index contributed by atoms with van der Waals surface area (Å²) in [6, 6.07) is 6.23. The Morgan fingerprint density at radius 1 is 1.35 bits per heavy atom. The Bertz CT molecular complexity index is 571. The van der Waals surface area contributed by atoms with Crippen LogP contribution in [0.2, 0.25) is 0 Å². The molecule has 1 heterocycles. The van der Waals surface area contributed by atoms with Gasteiger partial charge in [-0.2, -0.15) is 0 Å². The Morgan fingerprint density at radius 3 is 2.52 bits per heavy atom. The zero-order valence-corrected chi connectivity index (χ0v) is 13.7. The molecule has 5 nitrogen and oxygen atoms in total. The van der Waals surface area contributed by atoms with Gasteiger partial charge in [0.15, 0.2) is 0 Å². The van der Waals surface area contributed by atoms with Gasteiger partial charge in [0.1, 0.15) is 5.82 Å². The summed E-state index contributed by atoms with van der Waals surface area (Å²) in [5.74, 6) is -0.680. The second-order valence-electron chi connectivity index (χ2n) is 6.18. The van der Waals surface area contributed by atoms with Crippen molar-refractivity contribution in [3.05, 3.63) is 35.6 Å². The number of benzene rings is 1. The molecule has 2 rings (SSSR count). The Balaban J connectivity index is 1.92. The number of amides is 2. The van der Waals surface area contributed by atoms with Crippen molar-refractivity contribution in [2.75, 3.05) is 20.1 Å². The minimum atomic E-state index is -0.347. The van der Waals surface area contributed by atoms with Crippen LogP contribution in [0.5, 0.6) is 0 Å². The molecule has 1 saturated heterocycles. The van der Waals surface area contributed by atoms with Crippen molar-refractivity contribution in [1.29, 1.82) is 0 Å². The summed E-state index contributed by atoms with van der Waals surface area (Å²) in [6.07, 6.45) is 1.23. The van der Waals surface area contributed by atoms with E-state index in [-0.39, 0.29) is 29.6 Å². The molecule has 6 heteroatoms. The molecule has 0 aliphatic carbocycles. The molecule has 0 radical (unpaired) electrons. The van der Waals surface area contributed by atoms with E-state index in [0.29, 0.717) is 38.0 Å². The number of hydrogen-bond donors (Lipinski definition) is 1. The molecule has 0 aromatic heterocycles. The molecule has 1 aliphatic rings. The maximum Gasteiger partial charge on any atom is 0.239 e. The van der Waals surface area contributed by atoms with Crippen LogP contribution in [0.3, 0.4) is 0 Å². The quantitative estimate of drug-likeness (QED) is 0.891. The van der Waals surface area contributed by atoms with Crippen LogP contribution in [0.1, 0.15) is 25.3 Å². The summed E-state index contributed by atoms with van der Waals surface area (Å²) in [4.78, 5) is 27.3. The molecule has 1 aromatic rings. The number of carbonyl (C=O) groups is 2. The molecule has 1 aliphatic heterocycles. The standard InChI is InChI=1S/C17H24FN3O2/c1-12(20(2)11-14-5-3-4-6-15(14)18)17(23)21-9-7-13(8-10-21)16(19)22/h3-6,12-13H,7-11H2,1-2H3,(H2,19,22). The van der Waals surface area contributed by atoms with Crippen molar-refractivity contribution in [1.82, 2.24) is 9.80 Å². The Kier molecular flexibility index (Phi) is 5.71. The Hall–Kier alpha value is -1.95. The molecule has 0 bridgehead atoms. The van der Waals surface area contributed by atoms with Crippen molar-refractivity contribution in [2.45, 2.75) is 32.4 Å². The van der Waals surface area contributed by atoms with Crippen LogP contribution in [0.4, 0.5) is 4.39 Å². The van der Waals surface area contributed by atoms with Gasteiger partial charge in [0, 0.05) is 31.1 Å². The van der Waals surface area contributed by atoms with Gasteiger partial charge in [-0.05, 0) is 32.9 Å². The fourth-order valence-electron chi connectivity index (χ4n) is 2.87. The lowest BCUT2D eigenvalue weighted by atomic mass is 9.96. The van der Waals surface area contributed by atoms with Gasteiger partial charge < -0.3 is 10.6 Å². The van der Waals surface area contributed by atoms with E-state index < -0.39 is 0 Å². The van der Waals surface area contributed by atoms with E-state index in [1.54, 1.807) is 23.1 Å². The normalized spacial score (nSPS) is 17.3. The smallest absolute Gasteiger partial charge is 0.239 e. The third-order valence-corrected chi connectivity index (χ3v) is 4.61. The first-order chi connectivity index (χ1) is 10.9. The molecular formula is C17H24FN3O2. The molecule has 0 saturated carbocycles. The molecule has 1 unspecified atom stereocenters. The van der Waals surface area contributed by atoms with Gasteiger partial charge in [-0.15, -0.1) is 0 Å². The topological polar surface area (TPSA) is 66.6 Å². The van der Waals surface area contributed by atoms with E-state index in [2.05, 4.69) is 0 Å². The highest BCUT2D eigenvalue weighted by atomic mass is 19.1. The first-order valence-electron chi connectivity index (χ1n) is 7.92. The second-order valence-corrected chi connectivity index (χ2v) is 6.18. The molecule has 2 amide bonds. The van der Waals surface area contributed by atoms with Crippen molar-refractivity contribution in [2.24, 2.45) is 11.7 Å². The number of likely N-dealkylation sites (tertiary alicyclic amines) is 1. The van der Waals surface area contributed by atoms with E-state index in [1.807, 2.05) is 18.9 Å². The molecule has 23 heavy (non-hydrogen) atoms. The van der Waals surface area contributed by atoms with Crippen molar-refractivity contribution < 1.29 is 14.0 Å². The Labute approximate surface area is 136 Å². The zero-order chi connectivity index (χ0) is 17.0. The number of primary amides is 1. The third-order valence-electron chi connectivity index (χ3n) is 4.61. The fourth-order valence-corrected chi connectivity index (χ4v) is 2.87. The number of hydrogen-bond acceptors (Lipinski definition) is 3. The van der Waals surface area contributed by atoms with Gasteiger partial charge in [0.05, 0.1) is 6.04 Å². The molecular weight excluding hydrogens is 297 g/mol. The van der Waals surface area contributed by atoms with Crippen LogP contribution in [-0.4, -0.2) is 47.8 Å². The molecule has 126 valence electrons. The summed E-state index contributed by atoms with van der Waals surface area (Å²) in [6.45, 7) is 3.29. The monoisotopic (exact) mass is 321 g/mol. The summed E-state index contributed by atoms with van der Waals surface area (Å²) in [7, 11) is 1.81. The van der Waals surface area contributed by atoms with Gasteiger partial charge in [0.25, 0.3) is 0 Å². The lowest BCUT2D eigenvalue weighted by Gasteiger charge is -2.34. The van der Waals surface area contributed by atoms with Crippen LogP contribution < -0.4 is 5.73 Å². The van der Waals surface area contributed by atoms with Gasteiger partial charge in [-0.1, -0.05) is 18.2 Å². The second kappa shape index (κ2) is 7.55. The highest BCUT2D eigenvalue weighted by molar-refractivity contribution is 5.82.